The summed E-state index contributed by atoms with van der Waals surface area (Å²) in [5, 5.41) is 8.88. The van der Waals surface area contributed by atoms with Crippen LogP contribution in [0.2, 0.25) is 0 Å². The van der Waals surface area contributed by atoms with Crippen molar-refractivity contribution in [1.82, 2.24) is 15.5 Å². The molecule has 1 aliphatic heterocycles. The summed E-state index contributed by atoms with van der Waals surface area (Å²) in [6, 6.07) is 4.29. The van der Waals surface area contributed by atoms with Crippen LogP contribution in [0.4, 0.5) is 0 Å². The van der Waals surface area contributed by atoms with Crippen molar-refractivity contribution in [2.45, 2.75) is 19.8 Å². The lowest BCUT2D eigenvalue weighted by atomic mass is 10.1. The van der Waals surface area contributed by atoms with Gasteiger partial charge in [0.1, 0.15) is 0 Å². The second-order valence-electron chi connectivity index (χ2n) is 5.39. The Morgan fingerprint density at radius 1 is 1.48 bits per heavy atom. The van der Waals surface area contributed by atoms with Crippen LogP contribution in [0.25, 0.3) is 0 Å². The Labute approximate surface area is 149 Å². The number of hydrogen-bond acceptors (Lipinski definition) is 3. The van der Waals surface area contributed by atoms with Gasteiger partial charge in [0, 0.05) is 31.1 Å². The van der Waals surface area contributed by atoms with Crippen molar-refractivity contribution in [2.75, 3.05) is 39.8 Å². The van der Waals surface area contributed by atoms with E-state index in [4.69, 9.17) is 4.99 Å². The summed E-state index contributed by atoms with van der Waals surface area (Å²) < 4.78 is 0. The molecule has 1 aromatic rings. The number of nitrogens with zero attached hydrogens (tertiary/aromatic N) is 2. The van der Waals surface area contributed by atoms with Gasteiger partial charge in [-0.3, -0.25) is 4.99 Å². The number of halogens is 1. The van der Waals surface area contributed by atoms with Crippen molar-refractivity contribution >= 4 is 41.3 Å². The Bertz CT molecular complexity index is 408. The maximum absolute atomic E-state index is 4.72. The van der Waals surface area contributed by atoms with Crippen LogP contribution < -0.4 is 10.6 Å². The van der Waals surface area contributed by atoms with Gasteiger partial charge in [0.25, 0.3) is 0 Å². The molecule has 2 heterocycles. The van der Waals surface area contributed by atoms with E-state index >= 15 is 0 Å². The molecule has 1 fully saturated rings. The van der Waals surface area contributed by atoms with E-state index in [-0.39, 0.29) is 24.0 Å². The van der Waals surface area contributed by atoms with Crippen LogP contribution in [0, 0.1) is 5.92 Å². The average Bonchev–Trinajstić information content (AvgIpc) is 3.07. The second kappa shape index (κ2) is 10.4. The molecule has 1 atom stereocenters. The summed E-state index contributed by atoms with van der Waals surface area (Å²) in [6.07, 6.45) is 2.34. The third kappa shape index (κ3) is 6.97. The predicted octanol–water partition coefficient (Wildman–Crippen LogP) is 2.42. The maximum Gasteiger partial charge on any atom is 0.191 e. The van der Waals surface area contributed by atoms with Gasteiger partial charge in [-0.1, -0.05) is 6.07 Å². The minimum Gasteiger partial charge on any atom is -0.357 e. The topological polar surface area (TPSA) is 39.7 Å². The number of thiophene rings is 1. The van der Waals surface area contributed by atoms with Crippen molar-refractivity contribution in [3.63, 3.8) is 0 Å². The van der Waals surface area contributed by atoms with Gasteiger partial charge in [-0.05, 0) is 50.7 Å². The molecular formula is C15H27IN4S. The van der Waals surface area contributed by atoms with Crippen LogP contribution in [0.15, 0.2) is 22.5 Å². The third-order valence-electron chi connectivity index (χ3n) is 3.58. The zero-order valence-electron chi connectivity index (χ0n) is 13.0. The van der Waals surface area contributed by atoms with Crippen LogP contribution in [0.5, 0.6) is 0 Å². The van der Waals surface area contributed by atoms with Crippen molar-refractivity contribution in [3.05, 3.63) is 22.4 Å². The first-order valence-corrected chi connectivity index (χ1v) is 8.39. The normalized spacial score (nSPS) is 19.3. The van der Waals surface area contributed by atoms with Gasteiger partial charge in [-0.15, -0.1) is 35.3 Å². The second-order valence-corrected chi connectivity index (χ2v) is 6.42. The lowest BCUT2D eigenvalue weighted by Gasteiger charge is -2.13. The quantitative estimate of drug-likeness (QED) is 0.420. The lowest BCUT2D eigenvalue weighted by molar-refractivity contribution is 0.397. The molecule has 0 spiro atoms. The first kappa shape index (κ1) is 18.7. The van der Waals surface area contributed by atoms with Crippen molar-refractivity contribution in [1.29, 1.82) is 0 Å². The molecule has 1 saturated heterocycles. The fraction of sp³-hybridized carbons (Fsp3) is 0.667. The minimum atomic E-state index is 0. The molecule has 2 rings (SSSR count). The fourth-order valence-electron chi connectivity index (χ4n) is 2.50. The largest absolute Gasteiger partial charge is 0.357 e. The Hall–Kier alpha value is -0.340. The van der Waals surface area contributed by atoms with Crippen LogP contribution >= 0.6 is 35.3 Å². The first-order chi connectivity index (χ1) is 9.78. The lowest BCUT2D eigenvalue weighted by Crippen LogP contribution is -2.38. The molecule has 1 aliphatic rings. The fourth-order valence-corrected chi connectivity index (χ4v) is 3.21. The summed E-state index contributed by atoms with van der Waals surface area (Å²) >= 11 is 1.82. The van der Waals surface area contributed by atoms with E-state index in [1.54, 1.807) is 0 Å². The minimum absolute atomic E-state index is 0. The molecule has 0 radical (unpaired) electrons. The SMILES string of the molecule is CCNC(=NCC1CCN(C)C1)NCCc1cccs1.I. The Morgan fingerprint density at radius 3 is 2.95 bits per heavy atom. The number of aliphatic imine (C=N–C) groups is 1. The molecular weight excluding hydrogens is 395 g/mol. The molecule has 6 heteroatoms. The highest BCUT2D eigenvalue weighted by Crippen LogP contribution is 2.14. The summed E-state index contributed by atoms with van der Waals surface area (Å²) in [5.74, 6) is 1.67. The Kier molecular flexibility index (Phi) is 9.26. The highest BCUT2D eigenvalue weighted by molar-refractivity contribution is 14.0. The molecule has 0 aromatic carbocycles. The number of guanidine groups is 1. The summed E-state index contributed by atoms with van der Waals surface area (Å²) in [7, 11) is 2.19. The van der Waals surface area contributed by atoms with Crippen molar-refractivity contribution < 1.29 is 0 Å². The smallest absolute Gasteiger partial charge is 0.191 e. The Morgan fingerprint density at radius 2 is 2.33 bits per heavy atom. The van der Waals surface area contributed by atoms with E-state index in [1.807, 2.05) is 11.3 Å². The molecule has 4 nitrogen and oxygen atoms in total. The van der Waals surface area contributed by atoms with Gasteiger partial charge in [0.05, 0.1) is 0 Å². The van der Waals surface area contributed by atoms with E-state index in [2.05, 4.69) is 47.0 Å². The zero-order chi connectivity index (χ0) is 14.2. The van der Waals surface area contributed by atoms with E-state index < -0.39 is 0 Å². The highest BCUT2D eigenvalue weighted by atomic mass is 127. The van der Waals surface area contributed by atoms with Gasteiger partial charge >= 0.3 is 0 Å². The molecule has 0 amide bonds. The van der Waals surface area contributed by atoms with Crippen LogP contribution in [0.3, 0.4) is 0 Å². The number of hydrogen-bond donors (Lipinski definition) is 2. The van der Waals surface area contributed by atoms with Crippen molar-refractivity contribution in [2.24, 2.45) is 10.9 Å². The zero-order valence-corrected chi connectivity index (χ0v) is 16.1. The summed E-state index contributed by atoms with van der Waals surface area (Å²) in [6.45, 7) is 7.28. The molecule has 120 valence electrons. The standard InChI is InChI=1S/C15H26N4S.HI/c1-3-16-15(17-8-6-14-5-4-10-20-14)18-11-13-7-9-19(2)12-13;/h4-5,10,13H,3,6-9,11-12H2,1-2H3,(H2,16,17,18);1H. The van der Waals surface area contributed by atoms with E-state index in [1.165, 1.54) is 24.4 Å². The van der Waals surface area contributed by atoms with Gasteiger partial charge in [0.15, 0.2) is 5.96 Å². The molecule has 1 aromatic heterocycles. The Balaban J connectivity index is 0.00000220. The molecule has 2 N–H and O–H groups in total. The monoisotopic (exact) mass is 422 g/mol. The van der Waals surface area contributed by atoms with Crippen LogP contribution in [0.1, 0.15) is 18.2 Å². The molecule has 0 aliphatic carbocycles. The van der Waals surface area contributed by atoms with Gasteiger partial charge in [-0.25, -0.2) is 0 Å². The van der Waals surface area contributed by atoms with E-state index in [9.17, 15) is 0 Å². The van der Waals surface area contributed by atoms with Gasteiger partial charge < -0.3 is 15.5 Å². The predicted molar refractivity (Wildman–Crippen MR) is 103 cm³/mol. The van der Waals surface area contributed by atoms with E-state index in [0.717, 1.165) is 32.0 Å². The molecule has 1 unspecified atom stereocenters. The highest BCUT2D eigenvalue weighted by Gasteiger charge is 2.18. The number of nitrogens with one attached hydrogen (secondary N) is 2. The number of rotatable bonds is 6. The van der Waals surface area contributed by atoms with E-state index in [0.29, 0.717) is 5.92 Å². The summed E-state index contributed by atoms with van der Waals surface area (Å²) in [5.41, 5.74) is 0. The first-order valence-electron chi connectivity index (χ1n) is 7.51. The third-order valence-corrected chi connectivity index (χ3v) is 4.52. The van der Waals surface area contributed by atoms with Crippen LogP contribution in [-0.2, 0) is 6.42 Å². The van der Waals surface area contributed by atoms with Crippen LogP contribution in [-0.4, -0.2) is 50.6 Å². The molecule has 0 saturated carbocycles. The van der Waals surface area contributed by atoms with Gasteiger partial charge in [-0.2, -0.15) is 0 Å². The summed E-state index contributed by atoms with van der Waals surface area (Å²) in [4.78, 5) is 8.53. The van der Waals surface area contributed by atoms with Gasteiger partial charge in [0.2, 0.25) is 0 Å². The number of likely N-dealkylation sites (tertiary alicyclic amines) is 1. The molecule has 21 heavy (non-hydrogen) atoms. The molecule has 0 bridgehead atoms. The maximum atomic E-state index is 4.72. The average molecular weight is 422 g/mol. The van der Waals surface area contributed by atoms with Crippen molar-refractivity contribution in [3.8, 4) is 0 Å².